The summed E-state index contributed by atoms with van der Waals surface area (Å²) in [5, 5.41) is 4.67. The normalized spacial score (nSPS) is 14.6. The molecule has 0 fully saturated rings. The largest absolute Gasteiger partial charge is 0.410 e. The number of rotatable bonds is 6. The third-order valence-electron chi connectivity index (χ3n) is 3.90. The van der Waals surface area contributed by atoms with Gasteiger partial charge in [-0.1, -0.05) is 20.8 Å². The van der Waals surface area contributed by atoms with Gasteiger partial charge in [0.15, 0.2) is 8.32 Å². The molecule has 0 aliphatic heterocycles. The fourth-order valence-electron chi connectivity index (χ4n) is 1.70. The standard InChI is InChI=1S/C14H27BrN2O2Si/c1-11-13(15)9-17(16-11)8-12(10-18-5)19-20(6,7)14(2,3)4/h9,12H,8,10H2,1-7H3. The maximum absolute atomic E-state index is 6.43. The van der Waals surface area contributed by atoms with E-state index in [2.05, 4.69) is 54.9 Å². The Morgan fingerprint density at radius 1 is 1.40 bits per heavy atom. The van der Waals surface area contributed by atoms with Crippen LogP contribution in [0, 0.1) is 6.92 Å². The summed E-state index contributed by atoms with van der Waals surface area (Å²) >= 11 is 3.49. The SMILES string of the molecule is COCC(Cn1cc(Br)c(C)n1)O[Si](C)(C)C(C)(C)C. The molecule has 0 aliphatic rings. The number of hydrogen-bond acceptors (Lipinski definition) is 3. The molecule has 1 atom stereocenters. The van der Waals surface area contributed by atoms with Crippen LogP contribution in [0.15, 0.2) is 10.7 Å². The second-order valence-corrected chi connectivity index (χ2v) is 12.4. The van der Waals surface area contributed by atoms with E-state index < -0.39 is 8.32 Å². The lowest BCUT2D eigenvalue weighted by Gasteiger charge is -2.39. The second kappa shape index (κ2) is 6.73. The maximum Gasteiger partial charge on any atom is 0.192 e. The van der Waals surface area contributed by atoms with E-state index in [9.17, 15) is 0 Å². The highest BCUT2D eigenvalue weighted by atomic mass is 79.9. The lowest BCUT2D eigenvalue weighted by molar-refractivity contribution is 0.0586. The maximum atomic E-state index is 6.43. The van der Waals surface area contributed by atoms with Crippen molar-refractivity contribution in [2.24, 2.45) is 0 Å². The average molecular weight is 363 g/mol. The van der Waals surface area contributed by atoms with E-state index in [0.29, 0.717) is 13.2 Å². The quantitative estimate of drug-likeness (QED) is 0.717. The van der Waals surface area contributed by atoms with Crippen molar-refractivity contribution < 1.29 is 9.16 Å². The minimum atomic E-state index is -1.80. The highest BCUT2D eigenvalue weighted by Crippen LogP contribution is 2.37. The van der Waals surface area contributed by atoms with Gasteiger partial charge in [-0.05, 0) is 41.0 Å². The molecule has 1 aromatic rings. The van der Waals surface area contributed by atoms with Crippen molar-refractivity contribution >= 4 is 24.2 Å². The van der Waals surface area contributed by atoms with Gasteiger partial charge in [-0.15, -0.1) is 0 Å². The van der Waals surface area contributed by atoms with Crippen molar-refractivity contribution in [1.82, 2.24) is 9.78 Å². The molecule has 0 aromatic carbocycles. The molecule has 0 N–H and O–H groups in total. The first-order chi connectivity index (χ1) is 9.06. The molecule has 1 aromatic heterocycles. The van der Waals surface area contributed by atoms with E-state index in [1.54, 1.807) is 7.11 Å². The van der Waals surface area contributed by atoms with Crippen LogP contribution in [0.5, 0.6) is 0 Å². The number of methoxy groups -OCH3 is 1. The number of nitrogens with zero attached hydrogens (tertiary/aromatic N) is 2. The van der Waals surface area contributed by atoms with Crippen LogP contribution in [0.1, 0.15) is 26.5 Å². The molecule has 0 aliphatic carbocycles. The summed E-state index contributed by atoms with van der Waals surface area (Å²) in [6.07, 6.45) is 2.03. The van der Waals surface area contributed by atoms with Crippen molar-refractivity contribution in [2.45, 2.75) is 58.5 Å². The first kappa shape index (κ1) is 17.9. The Hall–Kier alpha value is -0.173. The van der Waals surface area contributed by atoms with E-state index in [4.69, 9.17) is 9.16 Å². The molecule has 0 amide bonds. The molecular formula is C14H27BrN2O2Si. The van der Waals surface area contributed by atoms with Gasteiger partial charge in [0.05, 0.1) is 29.4 Å². The van der Waals surface area contributed by atoms with E-state index >= 15 is 0 Å². The molecule has 1 unspecified atom stereocenters. The Bertz CT molecular complexity index is 421. The van der Waals surface area contributed by atoms with Crippen molar-refractivity contribution in [3.05, 3.63) is 16.4 Å². The fraction of sp³-hybridized carbons (Fsp3) is 0.786. The Morgan fingerprint density at radius 3 is 2.40 bits per heavy atom. The Balaban J connectivity index is 2.79. The number of ether oxygens (including phenoxy) is 1. The van der Waals surface area contributed by atoms with Crippen LogP contribution in [0.2, 0.25) is 18.1 Å². The van der Waals surface area contributed by atoms with E-state index in [0.717, 1.165) is 10.2 Å². The first-order valence-corrected chi connectivity index (χ1v) is 10.6. The van der Waals surface area contributed by atoms with Crippen molar-refractivity contribution in [2.75, 3.05) is 13.7 Å². The van der Waals surface area contributed by atoms with Crippen LogP contribution in [0.4, 0.5) is 0 Å². The van der Waals surface area contributed by atoms with Crippen LogP contribution in [0.25, 0.3) is 0 Å². The third kappa shape index (κ3) is 4.68. The summed E-state index contributed by atoms with van der Waals surface area (Å²) in [6.45, 7) is 14.6. The summed E-state index contributed by atoms with van der Waals surface area (Å²) < 4.78 is 14.7. The molecule has 0 bridgehead atoms. The highest BCUT2D eigenvalue weighted by Gasteiger charge is 2.39. The summed E-state index contributed by atoms with van der Waals surface area (Å²) in [4.78, 5) is 0. The first-order valence-electron chi connectivity index (χ1n) is 6.93. The van der Waals surface area contributed by atoms with E-state index in [1.165, 1.54) is 0 Å². The van der Waals surface area contributed by atoms with Crippen molar-refractivity contribution in [1.29, 1.82) is 0 Å². The summed E-state index contributed by atoms with van der Waals surface area (Å²) in [5.41, 5.74) is 0.994. The third-order valence-corrected chi connectivity index (χ3v) is 9.21. The molecule has 20 heavy (non-hydrogen) atoms. The monoisotopic (exact) mass is 362 g/mol. The number of aryl methyl sites for hydroxylation is 1. The minimum Gasteiger partial charge on any atom is -0.410 e. The van der Waals surface area contributed by atoms with Crippen molar-refractivity contribution in [3.8, 4) is 0 Å². The van der Waals surface area contributed by atoms with Crippen LogP contribution in [0.3, 0.4) is 0 Å². The zero-order chi connectivity index (χ0) is 15.6. The van der Waals surface area contributed by atoms with Gasteiger partial charge in [-0.2, -0.15) is 5.10 Å². The molecular weight excluding hydrogens is 336 g/mol. The van der Waals surface area contributed by atoms with Gasteiger partial charge in [0.2, 0.25) is 0 Å². The molecule has 1 heterocycles. The Kier molecular flexibility index (Phi) is 6.01. The summed E-state index contributed by atoms with van der Waals surface area (Å²) in [6, 6.07) is 0. The van der Waals surface area contributed by atoms with Crippen molar-refractivity contribution in [3.63, 3.8) is 0 Å². The minimum absolute atomic E-state index is 0.0343. The fourth-order valence-corrected chi connectivity index (χ4v) is 3.34. The van der Waals surface area contributed by atoms with Crippen LogP contribution < -0.4 is 0 Å². The molecule has 4 nitrogen and oxygen atoms in total. The second-order valence-electron chi connectivity index (χ2n) is 6.74. The summed E-state index contributed by atoms with van der Waals surface area (Å²) in [7, 11) is -0.0842. The molecule has 6 heteroatoms. The van der Waals surface area contributed by atoms with Crippen LogP contribution in [-0.2, 0) is 15.7 Å². The van der Waals surface area contributed by atoms with Gasteiger partial charge in [0, 0.05) is 13.3 Å². The zero-order valence-electron chi connectivity index (χ0n) is 13.7. The molecule has 0 radical (unpaired) electrons. The number of halogens is 1. The van der Waals surface area contributed by atoms with E-state index in [1.807, 2.05) is 17.8 Å². The van der Waals surface area contributed by atoms with E-state index in [-0.39, 0.29) is 11.1 Å². The smallest absolute Gasteiger partial charge is 0.192 e. The molecule has 0 saturated heterocycles. The number of hydrogen-bond donors (Lipinski definition) is 0. The van der Waals surface area contributed by atoms with Gasteiger partial charge >= 0.3 is 0 Å². The lowest BCUT2D eigenvalue weighted by atomic mass is 10.2. The average Bonchev–Trinajstić information content (AvgIpc) is 2.55. The van der Waals surface area contributed by atoms with Gasteiger partial charge in [-0.3, -0.25) is 4.68 Å². The highest BCUT2D eigenvalue weighted by molar-refractivity contribution is 9.10. The predicted octanol–water partition coefficient (Wildman–Crippen LogP) is 3.99. The topological polar surface area (TPSA) is 36.3 Å². The molecule has 1 rings (SSSR count). The molecule has 0 saturated carbocycles. The molecule has 116 valence electrons. The lowest BCUT2D eigenvalue weighted by Crippen LogP contribution is -2.46. The van der Waals surface area contributed by atoms with Gasteiger partial charge < -0.3 is 9.16 Å². The van der Waals surface area contributed by atoms with Gasteiger partial charge in [-0.25, -0.2) is 0 Å². The van der Waals surface area contributed by atoms with Crippen LogP contribution in [-0.4, -0.2) is 37.9 Å². The number of aromatic nitrogens is 2. The Morgan fingerprint density at radius 2 is 2.00 bits per heavy atom. The van der Waals surface area contributed by atoms with Gasteiger partial charge in [0.25, 0.3) is 0 Å². The Labute approximate surface area is 132 Å². The molecule has 0 spiro atoms. The summed E-state index contributed by atoms with van der Waals surface area (Å²) in [5.74, 6) is 0. The van der Waals surface area contributed by atoms with Gasteiger partial charge in [0.1, 0.15) is 0 Å². The predicted molar refractivity (Wildman–Crippen MR) is 88.6 cm³/mol. The zero-order valence-corrected chi connectivity index (χ0v) is 16.2. The van der Waals surface area contributed by atoms with Crippen LogP contribution >= 0.6 is 15.9 Å².